The number of carbonyl (C=O) groups excluding carboxylic acids is 1. The molecule has 5 nitrogen and oxygen atoms in total. The number of rotatable bonds is 5. The molecule has 0 radical (unpaired) electrons. The SMILES string of the molecule is C=C[C@H]1C[C@@]1(N)NS(=O)(=O)C1(C=O)CC1.Cl. The Morgan fingerprint density at radius 2 is 2.00 bits per heavy atom. The Morgan fingerprint density at radius 3 is 2.31 bits per heavy atom. The van der Waals surface area contributed by atoms with E-state index in [1.54, 1.807) is 6.08 Å². The first-order valence-electron chi connectivity index (χ1n) is 4.80. The molecule has 0 saturated heterocycles. The highest BCUT2D eigenvalue weighted by molar-refractivity contribution is 7.92. The molecular weight excluding hydrogens is 252 g/mol. The summed E-state index contributed by atoms with van der Waals surface area (Å²) >= 11 is 0. The minimum Gasteiger partial charge on any atom is -0.312 e. The second-order valence-electron chi connectivity index (χ2n) is 4.37. The number of sulfonamides is 1. The van der Waals surface area contributed by atoms with Gasteiger partial charge in [0.25, 0.3) is 0 Å². The van der Waals surface area contributed by atoms with Gasteiger partial charge in [0.05, 0.1) is 5.66 Å². The molecule has 0 aromatic carbocycles. The standard InChI is InChI=1S/C9H14N2O3S.ClH/c1-2-7-5-9(7,10)11-15(13,14)8(6-12)3-4-8;/h2,6-7,11H,1,3-5,10H2;1H/t7-,9+;/m0./s1. The molecule has 92 valence electrons. The summed E-state index contributed by atoms with van der Waals surface area (Å²) in [5.74, 6) is -0.0327. The van der Waals surface area contributed by atoms with Crippen LogP contribution in [0.1, 0.15) is 19.3 Å². The molecule has 0 unspecified atom stereocenters. The van der Waals surface area contributed by atoms with Gasteiger partial charge < -0.3 is 10.5 Å². The highest BCUT2D eigenvalue weighted by Crippen LogP contribution is 2.45. The van der Waals surface area contributed by atoms with Crippen LogP contribution in [-0.2, 0) is 14.8 Å². The van der Waals surface area contributed by atoms with Gasteiger partial charge in [-0.25, -0.2) is 8.42 Å². The van der Waals surface area contributed by atoms with Crippen molar-refractivity contribution in [3.8, 4) is 0 Å². The first kappa shape index (κ1) is 13.6. The summed E-state index contributed by atoms with van der Waals surface area (Å²) in [6, 6.07) is 0. The molecule has 2 rings (SSSR count). The van der Waals surface area contributed by atoms with E-state index in [1.165, 1.54) is 0 Å². The summed E-state index contributed by atoms with van der Waals surface area (Å²) in [5.41, 5.74) is 4.87. The number of halogens is 1. The van der Waals surface area contributed by atoms with E-state index in [4.69, 9.17) is 5.73 Å². The van der Waals surface area contributed by atoms with Gasteiger partial charge in [-0.15, -0.1) is 19.0 Å². The topological polar surface area (TPSA) is 89.3 Å². The lowest BCUT2D eigenvalue weighted by atomic mass is 10.4. The molecule has 2 atom stereocenters. The summed E-state index contributed by atoms with van der Waals surface area (Å²) in [6.45, 7) is 3.56. The Morgan fingerprint density at radius 1 is 1.44 bits per heavy atom. The summed E-state index contributed by atoms with van der Waals surface area (Å²) in [4.78, 5) is 10.7. The molecule has 7 heteroatoms. The Bertz CT molecular complexity index is 418. The normalized spacial score (nSPS) is 34.7. The number of nitrogens with two attached hydrogens (primary N) is 1. The van der Waals surface area contributed by atoms with Crippen molar-refractivity contribution < 1.29 is 13.2 Å². The van der Waals surface area contributed by atoms with Crippen LogP contribution in [0.15, 0.2) is 12.7 Å². The van der Waals surface area contributed by atoms with Gasteiger partial charge in [-0.05, 0) is 19.3 Å². The highest BCUT2D eigenvalue weighted by atomic mass is 35.5. The first-order chi connectivity index (χ1) is 6.89. The highest BCUT2D eigenvalue weighted by Gasteiger charge is 2.60. The predicted molar refractivity (Wildman–Crippen MR) is 62.6 cm³/mol. The molecule has 2 fully saturated rings. The molecule has 0 aromatic rings. The van der Waals surface area contributed by atoms with Crippen LogP contribution in [0.2, 0.25) is 0 Å². The van der Waals surface area contributed by atoms with Gasteiger partial charge in [0, 0.05) is 5.92 Å². The minimum absolute atomic E-state index is 0. The van der Waals surface area contributed by atoms with E-state index in [9.17, 15) is 13.2 Å². The lowest BCUT2D eigenvalue weighted by Gasteiger charge is -2.16. The van der Waals surface area contributed by atoms with Gasteiger partial charge in [-0.1, -0.05) is 6.08 Å². The van der Waals surface area contributed by atoms with Gasteiger partial charge >= 0.3 is 0 Å². The molecule has 2 aliphatic rings. The fourth-order valence-corrected chi connectivity index (χ4v) is 3.35. The van der Waals surface area contributed by atoms with Gasteiger partial charge in [0.2, 0.25) is 10.0 Å². The van der Waals surface area contributed by atoms with Crippen molar-refractivity contribution in [3.63, 3.8) is 0 Å². The zero-order chi connectivity index (χ0) is 11.3. The molecule has 0 bridgehead atoms. The lowest BCUT2D eigenvalue weighted by molar-refractivity contribution is -0.108. The monoisotopic (exact) mass is 266 g/mol. The molecule has 3 N–H and O–H groups in total. The Hall–Kier alpha value is -0.430. The quantitative estimate of drug-likeness (QED) is 0.414. The fourth-order valence-electron chi connectivity index (χ4n) is 1.64. The van der Waals surface area contributed by atoms with E-state index in [1.807, 2.05) is 0 Å². The van der Waals surface area contributed by atoms with E-state index in [-0.39, 0.29) is 18.3 Å². The largest absolute Gasteiger partial charge is 0.312 e. The van der Waals surface area contributed by atoms with E-state index >= 15 is 0 Å². The number of aldehydes is 1. The van der Waals surface area contributed by atoms with Crippen molar-refractivity contribution in [1.82, 2.24) is 4.72 Å². The molecule has 2 aliphatic carbocycles. The zero-order valence-corrected chi connectivity index (χ0v) is 10.3. The van der Waals surface area contributed by atoms with Crippen LogP contribution in [0.3, 0.4) is 0 Å². The maximum Gasteiger partial charge on any atom is 0.225 e. The van der Waals surface area contributed by atoms with Crippen LogP contribution in [0.5, 0.6) is 0 Å². The first-order valence-corrected chi connectivity index (χ1v) is 6.29. The average Bonchev–Trinajstić information content (AvgIpc) is 3.00. The summed E-state index contributed by atoms with van der Waals surface area (Å²) < 4.78 is 24.8. The van der Waals surface area contributed by atoms with E-state index < -0.39 is 20.4 Å². The second-order valence-corrected chi connectivity index (χ2v) is 6.40. The molecular formula is C9H15ClN2O3S. The second kappa shape index (κ2) is 3.80. The third-order valence-electron chi connectivity index (χ3n) is 3.16. The Kier molecular flexibility index (Phi) is 3.24. The maximum absolute atomic E-state index is 11.8. The maximum atomic E-state index is 11.8. The van der Waals surface area contributed by atoms with Gasteiger partial charge in [-0.3, -0.25) is 0 Å². The van der Waals surface area contributed by atoms with Gasteiger partial charge in [-0.2, -0.15) is 4.72 Å². The minimum atomic E-state index is -3.63. The van der Waals surface area contributed by atoms with E-state index in [2.05, 4.69) is 11.3 Å². The average molecular weight is 267 g/mol. The third-order valence-corrected chi connectivity index (χ3v) is 5.38. The van der Waals surface area contributed by atoms with Crippen molar-refractivity contribution >= 4 is 28.7 Å². The Labute approximate surface area is 101 Å². The number of nitrogens with one attached hydrogen (secondary N) is 1. The third kappa shape index (κ3) is 1.90. The van der Waals surface area contributed by atoms with Crippen molar-refractivity contribution in [2.45, 2.75) is 29.7 Å². The lowest BCUT2D eigenvalue weighted by Crippen LogP contribution is -2.50. The van der Waals surface area contributed by atoms with Crippen LogP contribution in [-0.4, -0.2) is 25.1 Å². The summed E-state index contributed by atoms with van der Waals surface area (Å²) in [7, 11) is -3.63. The molecule has 0 aromatic heterocycles. The molecule has 0 aliphatic heterocycles. The van der Waals surface area contributed by atoms with Gasteiger partial charge in [0.1, 0.15) is 11.0 Å². The van der Waals surface area contributed by atoms with E-state index in [0.29, 0.717) is 25.5 Å². The van der Waals surface area contributed by atoms with Crippen molar-refractivity contribution in [2.75, 3.05) is 0 Å². The Balaban J connectivity index is 0.00000128. The zero-order valence-electron chi connectivity index (χ0n) is 8.68. The van der Waals surface area contributed by atoms with Crippen molar-refractivity contribution in [2.24, 2.45) is 11.7 Å². The molecule has 2 saturated carbocycles. The predicted octanol–water partition coefficient (Wildman–Crippen LogP) is -0.0800. The van der Waals surface area contributed by atoms with Crippen LogP contribution in [0.4, 0.5) is 0 Å². The number of carbonyl (C=O) groups is 1. The molecule has 0 heterocycles. The van der Waals surface area contributed by atoms with E-state index in [0.717, 1.165) is 0 Å². The van der Waals surface area contributed by atoms with Crippen molar-refractivity contribution in [3.05, 3.63) is 12.7 Å². The summed E-state index contributed by atoms with van der Waals surface area (Å²) in [5, 5.41) is 0. The van der Waals surface area contributed by atoms with Crippen LogP contribution < -0.4 is 10.5 Å². The molecule has 0 spiro atoms. The van der Waals surface area contributed by atoms with Crippen LogP contribution in [0.25, 0.3) is 0 Å². The van der Waals surface area contributed by atoms with Gasteiger partial charge in [0.15, 0.2) is 0 Å². The van der Waals surface area contributed by atoms with Crippen LogP contribution in [0, 0.1) is 5.92 Å². The fraction of sp³-hybridized carbons (Fsp3) is 0.667. The molecule has 16 heavy (non-hydrogen) atoms. The smallest absolute Gasteiger partial charge is 0.225 e. The van der Waals surface area contributed by atoms with Crippen molar-refractivity contribution in [1.29, 1.82) is 0 Å². The molecule has 0 amide bonds. The number of hydrogen-bond donors (Lipinski definition) is 2. The number of hydrogen-bond acceptors (Lipinski definition) is 4. The summed E-state index contributed by atoms with van der Waals surface area (Å²) in [6.07, 6.45) is 3.46. The van der Waals surface area contributed by atoms with Crippen LogP contribution >= 0.6 is 12.4 Å².